The number of carbonyl (C=O) groups is 2. The third-order valence-electron chi connectivity index (χ3n) is 16.5. The number of amides is 2. The van der Waals surface area contributed by atoms with Crippen LogP contribution in [-0.2, 0) is 46.2 Å². The van der Waals surface area contributed by atoms with Crippen LogP contribution in [0.15, 0.2) is 73.3 Å². The molecule has 6 aromatic heterocycles. The first-order valence-electron chi connectivity index (χ1n) is 29.2. The quantitative estimate of drug-likeness (QED) is 0.0716. The highest BCUT2D eigenvalue weighted by atomic mass is 79.9. The second-order valence-electron chi connectivity index (χ2n) is 22.1. The van der Waals surface area contributed by atoms with E-state index in [4.69, 9.17) is 14.7 Å². The second-order valence-corrected chi connectivity index (χ2v) is 22.9. The molecule has 0 radical (unpaired) electrons. The number of fused-ring (bicyclic) bond motifs is 4. The molecule has 0 aliphatic carbocycles. The lowest BCUT2D eigenvalue weighted by molar-refractivity contribution is -0.136. The lowest BCUT2D eigenvalue weighted by atomic mass is 9.98. The Morgan fingerprint density at radius 3 is 1.42 bits per heavy atom. The fraction of sp³-hybridized carbons (Fsp3) is 0.484. The van der Waals surface area contributed by atoms with Crippen molar-refractivity contribution in [3.63, 3.8) is 0 Å². The Balaban J connectivity index is 0.000000174. The minimum atomic E-state index is -2.71. The monoisotopic (exact) mass is 1250 g/mol. The summed E-state index contributed by atoms with van der Waals surface area (Å²) in [6, 6.07) is 13.5. The Labute approximate surface area is 507 Å². The molecule has 2 fully saturated rings. The number of ether oxygens (including phenoxy) is 2. The van der Waals surface area contributed by atoms with E-state index in [-0.39, 0.29) is 52.2 Å². The van der Waals surface area contributed by atoms with Crippen LogP contribution in [-0.4, -0.2) is 179 Å². The van der Waals surface area contributed by atoms with Crippen molar-refractivity contribution in [1.29, 1.82) is 0 Å². The van der Waals surface area contributed by atoms with Gasteiger partial charge in [-0.1, -0.05) is 61.0 Å². The molecule has 19 nitrogen and oxygen atoms in total. The molecule has 2 unspecified atom stereocenters. The van der Waals surface area contributed by atoms with Gasteiger partial charge in [0.2, 0.25) is 11.8 Å². The number of carbonyl (C=O) groups excluding carboxylic acids is 2. The van der Waals surface area contributed by atoms with Crippen LogP contribution in [0.2, 0.25) is 0 Å². The summed E-state index contributed by atoms with van der Waals surface area (Å²) in [6.07, 6.45) is 1.04. The number of methoxy groups -OCH3 is 2. The molecule has 12 rings (SSSR count). The smallest absolute Gasteiger partial charge is 0.265 e. The Hall–Kier alpha value is -6.96. The van der Waals surface area contributed by atoms with E-state index in [1.807, 2.05) is 54.8 Å². The molecule has 0 saturated carbocycles. The van der Waals surface area contributed by atoms with E-state index in [1.54, 1.807) is 86.4 Å². The fourth-order valence-electron chi connectivity index (χ4n) is 11.7. The third kappa shape index (κ3) is 13.0. The predicted molar refractivity (Wildman–Crippen MR) is 328 cm³/mol. The van der Waals surface area contributed by atoms with Gasteiger partial charge in [-0.15, -0.1) is 0 Å². The van der Waals surface area contributed by atoms with Gasteiger partial charge in [-0.25, -0.2) is 37.5 Å². The van der Waals surface area contributed by atoms with Crippen LogP contribution in [0.1, 0.15) is 106 Å². The zero-order valence-corrected chi connectivity index (χ0v) is 52.5. The van der Waals surface area contributed by atoms with E-state index < -0.39 is 18.9 Å². The van der Waals surface area contributed by atoms with Gasteiger partial charge in [0.15, 0.2) is 0 Å². The van der Waals surface area contributed by atoms with Crippen molar-refractivity contribution in [2.45, 2.75) is 84.5 Å². The maximum absolute atomic E-state index is 14.3. The Kier molecular flexibility index (Phi) is 20.6. The van der Waals surface area contributed by atoms with Crippen molar-refractivity contribution in [2.75, 3.05) is 99.2 Å². The summed E-state index contributed by atoms with van der Waals surface area (Å²) in [5, 5.41) is 13.7. The number of likely N-dealkylation sites (tertiary alicyclic amines) is 1. The summed E-state index contributed by atoms with van der Waals surface area (Å²) in [5.74, 6) is 2.19. The molecular formula is C62H78BrF4N15O4. The number of likely N-dealkylation sites (N-methyl/N-ethyl adjacent to an activating group) is 2. The lowest BCUT2D eigenvalue weighted by Gasteiger charge is -2.40. The highest BCUT2D eigenvalue weighted by molar-refractivity contribution is 9.09. The normalized spacial score (nSPS) is 17.1. The predicted octanol–water partition coefficient (Wildman–Crippen LogP) is 10.0. The van der Waals surface area contributed by atoms with Gasteiger partial charge < -0.3 is 38.6 Å². The van der Waals surface area contributed by atoms with E-state index in [0.717, 1.165) is 84.5 Å². The molecule has 1 N–H and O–H groups in total. The molecule has 460 valence electrons. The van der Waals surface area contributed by atoms with Gasteiger partial charge in [0.05, 0.1) is 83.9 Å². The molecule has 0 spiro atoms. The van der Waals surface area contributed by atoms with E-state index >= 15 is 0 Å². The number of pyridine rings is 2. The molecule has 2 amide bonds. The van der Waals surface area contributed by atoms with Gasteiger partial charge in [0, 0.05) is 149 Å². The summed E-state index contributed by atoms with van der Waals surface area (Å²) < 4.78 is 74.3. The number of hydrogen-bond acceptors (Lipinski definition) is 13. The van der Waals surface area contributed by atoms with Gasteiger partial charge in [-0.2, -0.15) is 10.2 Å². The molecule has 0 bridgehead atoms. The minimum Gasteiger partial charge on any atom is -0.384 e. The molecule has 2 aromatic carbocycles. The number of rotatable bonds is 16. The Bertz CT molecular complexity index is 3660. The second kappa shape index (κ2) is 27.8. The van der Waals surface area contributed by atoms with Crippen molar-refractivity contribution in [1.82, 2.24) is 73.5 Å². The van der Waals surface area contributed by atoms with E-state index in [2.05, 4.69) is 81.3 Å². The van der Waals surface area contributed by atoms with Crippen molar-refractivity contribution in [3.8, 4) is 45.0 Å². The Morgan fingerprint density at radius 1 is 0.640 bits per heavy atom. The molecule has 4 aliphatic rings. The SMILES string of the molecule is CC1C(=O)N(C)Cc2c(-c3cccc4nc(-c5cnn(C)c5)c(C(F)F)cc34)nc(C3CNC3)n21.CCN(CC)CC.COCCBr.COCCN1CC(c2nc(-c3cccc4nc(-c5cnn(C)c5)c(C(F)F)cc34)c3n2C(C)C(=O)N(C)C3)C1. The maximum Gasteiger partial charge on any atom is 0.265 e. The van der Waals surface area contributed by atoms with Crippen LogP contribution >= 0.6 is 15.9 Å². The Morgan fingerprint density at radius 2 is 1.08 bits per heavy atom. The lowest BCUT2D eigenvalue weighted by Crippen LogP contribution is -2.48. The molecule has 2 atom stereocenters. The standard InChI is InChI=1S/C28H31F2N7O2.C25H25F2N7O.C6H15N.C3H7BrO/c1-16-28(38)34(2)15-23-25(33-27(37(16)23)18-13-36(14-18)8-9-39-4)19-6-5-7-22-20(19)10-21(26(29)30)24(32-22)17-11-31-35(3)12-17;1-13-25(35)32(2)12-20-22(31-24(34(13)20)14-8-28-9-14)16-5-4-6-19-17(16)7-18(23(26)27)21(30-19)15-10-29-33(3)11-15;1-4-7(5-2)6-3;1-5-3-2-4/h5-7,10-12,16,18,26H,8-9,13-15H2,1-4H3;4-7,10-11,13-14,23,28H,8-9,12H2,1-3H3;4-6H2,1-3H3;2-3H2,1H3. The highest BCUT2D eigenvalue weighted by Gasteiger charge is 2.40. The van der Waals surface area contributed by atoms with E-state index in [1.165, 1.54) is 31.8 Å². The number of alkyl halides is 5. The van der Waals surface area contributed by atoms with Crippen LogP contribution in [0.3, 0.4) is 0 Å². The molecular weight excluding hydrogens is 1170 g/mol. The summed E-state index contributed by atoms with van der Waals surface area (Å²) in [4.78, 5) is 53.3. The molecule has 10 heterocycles. The number of nitrogens with zero attached hydrogens (tertiary/aromatic N) is 14. The first-order valence-corrected chi connectivity index (χ1v) is 30.3. The third-order valence-corrected chi connectivity index (χ3v) is 16.8. The number of hydrogen-bond donors (Lipinski definition) is 1. The molecule has 86 heavy (non-hydrogen) atoms. The zero-order chi connectivity index (χ0) is 61.7. The first kappa shape index (κ1) is 63.5. The van der Waals surface area contributed by atoms with Crippen molar-refractivity contribution in [2.24, 2.45) is 14.1 Å². The molecule has 2 saturated heterocycles. The average Bonchev–Trinajstić information content (AvgIpc) is 1.59. The van der Waals surface area contributed by atoms with Crippen LogP contribution in [0, 0.1) is 0 Å². The van der Waals surface area contributed by atoms with Crippen molar-refractivity contribution >= 4 is 49.6 Å². The van der Waals surface area contributed by atoms with Crippen molar-refractivity contribution < 1.29 is 36.6 Å². The van der Waals surface area contributed by atoms with Gasteiger partial charge >= 0.3 is 0 Å². The molecule has 8 aromatic rings. The van der Waals surface area contributed by atoms with Crippen LogP contribution in [0.4, 0.5) is 17.6 Å². The highest BCUT2D eigenvalue weighted by Crippen LogP contribution is 2.43. The summed E-state index contributed by atoms with van der Waals surface area (Å²) in [5.41, 5.74) is 7.20. The zero-order valence-electron chi connectivity index (χ0n) is 50.9. The number of halogens is 5. The van der Waals surface area contributed by atoms with Gasteiger partial charge in [-0.05, 0) is 57.7 Å². The van der Waals surface area contributed by atoms with Gasteiger partial charge in [0.25, 0.3) is 12.9 Å². The van der Waals surface area contributed by atoms with Gasteiger partial charge in [0.1, 0.15) is 23.7 Å². The first-order chi connectivity index (χ1) is 41.4. The average molecular weight is 1250 g/mol. The summed E-state index contributed by atoms with van der Waals surface area (Å²) in [6.45, 7) is 20.3. The summed E-state index contributed by atoms with van der Waals surface area (Å²) >= 11 is 3.18. The van der Waals surface area contributed by atoms with Crippen LogP contribution in [0.5, 0.6) is 0 Å². The number of benzene rings is 2. The number of nitrogens with one attached hydrogen (secondary N) is 1. The topological polar surface area (TPSA) is 175 Å². The minimum absolute atomic E-state index is 0.0314. The fourth-order valence-corrected chi connectivity index (χ4v) is 12.0. The maximum atomic E-state index is 14.3. The van der Waals surface area contributed by atoms with E-state index in [0.29, 0.717) is 58.3 Å². The summed E-state index contributed by atoms with van der Waals surface area (Å²) in [7, 11) is 10.4. The van der Waals surface area contributed by atoms with Gasteiger partial charge in [-0.3, -0.25) is 23.9 Å². The molecule has 24 heteroatoms. The number of imidazole rings is 2. The van der Waals surface area contributed by atoms with Crippen molar-refractivity contribution in [3.05, 3.63) is 107 Å². The van der Waals surface area contributed by atoms with E-state index in [9.17, 15) is 27.2 Å². The number of aryl methyl sites for hydroxylation is 2. The largest absolute Gasteiger partial charge is 0.384 e. The molecule has 4 aliphatic heterocycles. The van der Waals surface area contributed by atoms with Crippen LogP contribution < -0.4 is 5.32 Å². The van der Waals surface area contributed by atoms with Crippen LogP contribution in [0.25, 0.3) is 66.8 Å². The number of aromatic nitrogens is 10.